The maximum atomic E-state index is 12.9. The van der Waals surface area contributed by atoms with Gasteiger partial charge in [0.15, 0.2) is 0 Å². The topological polar surface area (TPSA) is 58.6 Å². The fraction of sp³-hybridized carbons (Fsp3) is 0.462. The summed E-state index contributed by atoms with van der Waals surface area (Å²) >= 11 is 0. The van der Waals surface area contributed by atoms with E-state index in [2.05, 4.69) is 10.1 Å². The molecule has 1 aromatic carbocycles. The molecule has 0 radical (unpaired) electrons. The van der Waals surface area contributed by atoms with Gasteiger partial charge in [-0.1, -0.05) is 12.1 Å². The summed E-state index contributed by atoms with van der Waals surface area (Å²) in [6.45, 7) is 0.923. The molecule has 0 aliphatic heterocycles. The van der Waals surface area contributed by atoms with Gasteiger partial charge in [-0.15, -0.1) is 0 Å². The lowest BCUT2D eigenvalue weighted by molar-refractivity contribution is -0.142. The van der Waals surface area contributed by atoms with Gasteiger partial charge in [0.05, 0.1) is 19.6 Å². The van der Waals surface area contributed by atoms with Crippen LogP contribution in [0.4, 0.5) is 4.39 Å². The van der Waals surface area contributed by atoms with Crippen LogP contribution >= 0.6 is 0 Å². The molecule has 0 aliphatic carbocycles. The van der Waals surface area contributed by atoms with Crippen LogP contribution in [-0.4, -0.2) is 37.4 Å². The van der Waals surface area contributed by atoms with Crippen LogP contribution in [0.15, 0.2) is 24.3 Å². The molecule has 18 heavy (non-hydrogen) atoms. The van der Waals surface area contributed by atoms with E-state index in [4.69, 9.17) is 0 Å². The van der Waals surface area contributed by atoms with Crippen molar-refractivity contribution >= 4 is 5.97 Å². The van der Waals surface area contributed by atoms with E-state index < -0.39 is 12.1 Å². The second kappa shape index (κ2) is 7.79. The summed E-state index contributed by atoms with van der Waals surface area (Å²) in [4.78, 5) is 10.9. The van der Waals surface area contributed by atoms with Crippen molar-refractivity contribution < 1.29 is 19.0 Å². The van der Waals surface area contributed by atoms with Gasteiger partial charge in [-0.05, 0) is 30.7 Å². The van der Waals surface area contributed by atoms with Crippen molar-refractivity contribution in [3.63, 3.8) is 0 Å². The zero-order valence-corrected chi connectivity index (χ0v) is 10.4. The highest BCUT2D eigenvalue weighted by molar-refractivity contribution is 5.69. The predicted octanol–water partition coefficient (Wildman–Crippen LogP) is 0.882. The van der Waals surface area contributed by atoms with Gasteiger partial charge in [-0.2, -0.15) is 0 Å². The maximum Gasteiger partial charge on any atom is 0.308 e. The van der Waals surface area contributed by atoms with Crippen LogP contribution in [0.3, 0.4) is 0 Å². The van der Waals surface area contributed by atoms with E-state index in [0.29, 0.717) is 19.5 Å². The molecule has 1 unspecified atom stereocenters. The third-order valence-corrected chi connectivity index (χ3v) is 2.49. The molecule has 100 valence electrons. The molecule has 1 rings (SSSR count). The van der Waals surface area contributed by atoms with Crippen LogP contribution in [0.1, 0.15) is 12.0 Å². The van der Waals surface area contributed by atoms with Gasteiger partial charge in [0, 0.05) is 6.54 Å². The summed E-state index contributed by atoms with van der Waals surface area (Å²) in [5, 5.41) is 12.5. The Hall–Kier alpha value is -1.46. The van der Waals surface area contributed by atoms with E-state index in [0.717, 1.165) is 5.56 Å². The van der Waals surface area contributed by atoms with Gasteiger partial charge in [-0.3, -0.25) is 4.79 Å². The molecule has 2 N–H and O–H groups in total. The van der Waals surface area contributed by atoms with Crippen molar-refractivity contribution in [2.24, 2.45) is 0 Å². The number of rotatable bonds is 7. The molecule has 5 heteroatoms. The summed E-state index contributed by atoms with van der Waals surface area (Å²) in [5.41, 5.74) is 0.893. The van der Waals surface area contributed by atoms with Crippen molar-refractivity contribution in [3.8, 4) is 0 Å². The number of hydrogen-bond acceptors (Lipinski definition) is 4. The van der Waals surface area contributed by atoms with Crippen molar-refractivity contribution in [2.45, 2.75) is 18.9 Å². The number of nitrogens with one attached hydrogen (secondary N) is 1. The summed E-state index contributed by atoms with van der Waals surface area (Å²) in [5.74, 6) is -0.687. The number of ether oxygens (including phenoxy) is 1. The third kappa shape index (κ3) is 5.75. The molecule has 1 atom stereocenters. The molecule has 4 nitrogen and oxygen atoms in total. The van der Waals surface area contributed by atoms with E-state index >= 15 is 0 Å². The average Bonchev–Trinajstić information content (AvgIpc) is 2.34. The minimum Gasteiger partial charge on any atom is -0.469 e. The van der Waals surface area contributed by atoms with Crippen LogP contribution in [-0.2, 0) is 16.0 Å². The fourth-order valence-corrected chi connectivity index (χ4v) is 1.54. The predicted molar refractivity (Wildman–Crippen MR) is 65.6 cm³/mol. The Bertz CT molecular complexity index is 384. The molecule has 0 saturated carbocycles. The van der Waals surface area contributed by atoms with Crippen LogP contribution in [0.5, 0.6) is 0 Å². The highest BCUT2D eigenvalue weighted by Gasteiger charge is 2.09. The van der Waals surface area contributed by atoms with Gasteiger partial charge in [0.2, 0.25) is 0 Å². The maximum absolute atomic E-state index is 12.9. The molecule has 0 heterocycles. The number of halogens is 1. The smallest absolute Gasteiger partial charge is 0.308 e. The molecule has 0 aromatic heterocycles. The highest BCUT2D eigenvalue weighted by Crippen LogP contribution is 2.03. The van der Waals surface area contributed by atoms with Gasteiger partial charge >= 0.3 is 5.97 Å². The molecule has 0 amide bonds. The van der Waals surface area contributed by atoms with Crippen LogP contribution in [0.2, 0.25) is 0 Å². The standard InChI is InChI=1S/C13H18FNO3/c1-18-13(17)8-12(16)9-15-6-5-10-3-2-4-11(14)7-10/h2-4,7,12,15-16H,5-6,8-9H2,1H3. The quantitative estimate of drug-likeness (QED) is 0.561. The van der Waals surface area contributed by atoms with Crippen LogP contribution in [0, 0.1) is 5.82 Å². The Kier molecular flexibility index (Phi) is 6.32. The average molecular weight is 255 g/mol. The first kappa shape index (κ1) is 14.6. The van der Waals surface area contributed by atoms with Gasteiger partial charge in [-0.25, -0.2) is 4.39 Å². The lowest BCUT2D eigenvalue weighted by Crippen LogP contribution is -2.30. The molecular formula is C13H18FNO3. The Morgan fingerprint density at radius 1 is 1.56 bits per heavy atom. The normalized spacial score (nSPS) is 12.2. The number of aliphatic hydroxyl groups is 1. The molecule has 1 aromatic rings. The van der Waals surface area contributed by atoms with E-state index in [1.807, 2.05) is 6.07 Å². The van der Waals surface area contributed by atoms with Crippen molar-refractivity contribution in [1.29, 1.82) is 0 Å². The Labute approximate surface area is 106 Å². The summed E-state index contributed by atoms with van der Waals surface area (Å²) in [6, 6.07) is 6.38. The zero-order valence-electron chi connectivity index (χ0n) is 10.4. The van der Waals surface area contributed by atoms with Crippen LogP contribution < -0.4 is 5.32 Å². The molecule has 0 fully saturated rings. The molecule has 0 bridgehead atoms. The van der Waals surface area contributed by atoms with E-state index in [-0.39, 0.29) is 12.2 Å². The fourth-order valence-electron chi connectivity index (χ4n) is 1.54. The number of carbonyl (C=O) groups excluding carboxylic acids is 1. The molecular weight excluding hydrogens is 237 g/mol. The Balaban J connectivity index is 2.17. The Morgan fingerprint density at radius 2 is 2.33 bits per heavy atom. The highest BCUT2D eigenvalue weighted by atomic mass is 19.1. The largest absolute Gasteiger partial charge is 0.469 e. The summed E-state index contributed by atoms with van der Waals surface area (Å²) in [6.07, 6.45) is -0.114. The van der Waals surface area contributed by atoms with E-state index in [1.54, 1.807) is 6.07 Å². The SMILES string of the molecule is COC(=O)CC(O)CNCCc1cccc(F)c1. The molecule has 0 aliphatic rings. The zero-order chi connectivity index (χ0) is 13.4. The second-order valence-corrected chi connectivity index (χ2v) is 4.02. The Morgan fingerprint density at radius 3 is 3.00 bits per heavy atom. The number of methoxy groups -OCH3 is 1. The first-order valence-electron chi connectivity index (χ1n) is 5.82. The minimum atomic E-state index is -0.759. The third-order valence-electron chi connectivity index (χ3n) is 2.49. The molecule has 0 saturated heterocycles. The number of esters is 1. The van der Waals surface area contributed by atoms with E-state index in [1.165, 1.54) is 19.2 Å². The lowest BCUT2D eigenvalue weighted by Gasteiger charge is -2.10. The number of hydrogen-bond donors (Lipinski definition) is 2. The van der Waals surface area contributed by atoms with Crippen molar-refractivity contribution in [3.05, 3.63) is 35.6 Å². The van der Waals surface area contributed by atoms with Gasteiger partial charge < -0.3 is 15.2 Å². The number of aliphatic hydroxyl groups excluding tert-OH is 1. The van der Waals surface area contributed by atoms with E-state index in [9.17, 15) is 14.3 Å². The number of carbonyl (C=O) groups is 1. The van der Waals surface area contributed by atoms with Crippen molar-refractivity contribution in [1.82, 2.24) is 5.32 Å². The first-order valence-corrected chi connectivity index (χ1v) is 5.82. The minimum absolute atomic E-state index is 0.0243. The lowest BCUT2D eigenvalue weighted by atomic mass is 10.1. The van der Waals surface area contributed by atoms with Gasteiger partial charge in [0.25, 0.3) is 0 Å². The van der Waals surface area contributed by atoms with Crippen LogP contribution in [0.25, 0.3) is 0 Å². The molecule has 0 spiro atoms. The summed E-state index contributed by atoms with van der Waals surface area (Å²) in [7, 11) is 1.28. The van der Waals surface area contributed by atoms with Crippen molar-refractivity contribution in [2.75, 3.05) is 20.2 Å². The number of benzene rings is 1. The van der Waals surface area contributed by atoms with Gasteiger partial charge in [0.1, 0.15) is 5.82 Å². The first-order chi connectivity index (χ1) is 8.61. The monoisotopic (exact) mass is 255 g/mol. The second-order valence-electron chi connectivity index (χ2n) is 4.02. The summed E-state index contributed by atoms with van der Waals surface area (Å²) < 4.78 is 17.3.